The van der Waals surface area contributed by atoms with Gasteiger partial charge in [0.1, 0.15) is 5.02 Å². The number of Topliss-reactive ketones (excluding diaryl/α,β-unsaturated/α-hetero) is 1. The van der Waals surface area contributed by atoms with Crippen molar-refractivity contribution >= 4 is 62.3 Å². The third-order valence-electron chi connectivity index (χ3n) is 5.86. The maximum absolute atomic E-state index is 12.8. The first kappa shape index (κ1) is 24.7. The van der Waals surface area contributed by atoms with Gasteiger partial charge in [-0.05, 0) is 44.0 Å². The first-order valence-corrected chi connectivity index (χ1v) is 12.6. The van der Waals surface area contributed by atoms with E-state index in [2.05, 4.69) is 4.90 Å². The number of hydrogen-bond donors (Lipinski definition) is 1. The van der Waals surface area contributed by atoms with Crippen LogP contribution >= 0.6 is 34.5 Å². The van der Waals surface area contributed by atoms with Crippen LogP contribution in [0.2, 0.25) is 10.0 Å². The third kappa shape index (κ3) is 5.28. The van der Waals surface area contributed by atoms with E-state index in [1.165, 1.54) is 42.7 Å². The number of benzene rings is 2. The molecule has 1 aromatic heterocycles. The van der Waals surface area contributed by atoms with Crippen LogP contribution in [0.25, 0.3) is 10.1 Å². The molecule has 1 saturated heterocycles. The molecule has 2 N–H and O–H groups in total. The molecule has 0 unspecified atom stereocenters. The summed E-state index contributed by atoms with van der Waals surface area (Å²) in [5.74, 6) is -1.18. The summed E-state index contributed by atoms with van der Waals surface area (Å²) in [5, 5.41) is 0.720. The normalized spacial score (nSPS) is 14.0. The molecule has 0 spiro atoms. The van der Waals surface area contributed by atoms with Crippen molar-refractivity contribution in [2.75, 3.05) is 13.1 Å². The lowest BCUT2D eigenvalue weighted by Gasteiger charge is -2.14. The second-order valence-corrected chi connectivity index (χ2v) is 10.2. The molecule has 1 aliphatic heterocycles. The average molecular weight is 519 g/mol. The average Bonchev–Trinajstić information content (AvgIpc) is 3.43. The van der Waals surface area contributed by atoms with Gasteiger partial charge < -0.3 is 10.5 Å². The Hall–Kier alpha value is -2.45. The lowest BCUT2D eigenvalue weighted by Crippen LogP contribution is -2.18. The highest BCUT2D eigenvalue weighted by molar-refractivity contribution is 7.20. The van der Waals surface area contributed by atoms with Gasteiger partial charge in [0.25, 0.3) is 0 Å². The van der Waals surface area contributed by atoms with Gasteiger partial charge >= 0.3 is 5.97 Å². The lowest BCUT2D eigenvalue weighted by molar-refractivity contribution is -0.131. The van der Waals surface area contributed by atoms with Crippen molar-refractivity contribution in [3.8, 4) is 5.75 Å². The Kier molecular flexibility index (Phi) is 7.57. The van der Waals surface area contributed by atoms with Gasteiger partial charge in [0.2, 0.25) is 5.91 Å². The number of nitrogens with zero attached hydrogens (tertiary/aromatic N) is 1. The van der Waals surface area contributed by atoms with E-state index >= 15 is 0 Å². The predicted octanol–water partition coefficient (Wildman–Crippen LogP) is 5.64. The molecule has 6 nitrogen and oxygen atoms in total. The Morgan fingerprint density at radius 2 is 1.79 bits per heavy atom. The second kappa shape index (κ2) is 10.4. The minimum absolute atomic E-state index is 0.0228. The monoisotopic (exact) mass is 518 g/mol. The SMILES string of the molecule is CC(=O)Oc1c(Cl)cc2c(C(N)=O)c(CCC(=O)c3ccc(CN4CCCC4)cc3)sc2c1Cl. The van der Waals surface area contributed by atoms with Gasteiger partial charge in [0.05, 0.1) is 15.3 Å². The highest BCUT2D eigenvalue weighted by Crippen LogP contribution is 2.45. The van der Waals surface area contributed by atoms with E-state index in [4.69, 9.17) is 33.7 Å². The number of esters is 1. The zero-order valence-corrected chi connectivity index (χ0v) is 21.0. The first-order valence-electron chi connectivity index (χ1n) is 11.0. The molecule has 2 heterocycles. The summed E-state index contributed by atoms with van der Waals surface area (Å²) in [6, 6.07) is 9.23. The Morgan fingerprint density at radius 3 is 2.41 bits per heavy atom. The molecular formula is C25H24Cl2N2O4S. The van der Waals surface area contributed by atoms with E-state index in [1.807, 2.05) is 24.3 Å². The van der Waals surface area contributed by atoms with Crippen molar-refractivity contribution in [2.45, 2.75) is 39.2 Å². The van der Waals surface area contributed by atoms with Gasteiger partial charge in [-0.15, -0.1) is 11.3 Å². The highest BCUT2D eigenvalue weighted by Gasteiger charge is 2.24. The zero-order valence-electron chi connectivity index (χ0n) is 18.7. The number of aryl methyl sites for hydroxylation is 1. The maximum Gasteiger partial charge on any atom is 0.308 e. The summed E-state index contributed by atoms with van der Waals surface area (Å²) < 4.78 is 5.66. The Labute approximate surface area is 211 Å². The highest BCUT2D eigenvalue weighted by atomic mass is 35.5. The summed E-state index contributed by atoms with van der Waals surface area (Å²) >= 11 is 13.9. The predicted molar refractivity (Wildman–Crippen MR) is 135 cm³/mol. The van der Waals surface area contributed by atoms with Gasteiger partial charge in [-0.2, -0.15) is 0 Å². The number of halogens is 2. The number of ether oxygens (including phenoxy) is 1. The number of hydrogen-bond acceptors (Lipinski definition) is 6. The van der Waals surface area contributed by atoms with Crippen LogP contribution in [0.1, 0.15) is 57.3 Å². The molecule has 0 saturated carbocycles. The van der Waals surface area contributed by atoms with Crippen LogP contribution in [0.3, 0.4) is 0 Å². The van der Waals surface area contributed by atoms with Crippen molar-refractivity contribution in [1.82, 2.24) is 4.90 Å². The van der Waals surface area contributed by atoms with Crippen LogP contribution in [0.4, 0.5) is 0 Å². The van der Waals surface area contributed by atoms with Gasteiger partial charge in [-0.25, -0.2) is 0 Å². The summed E-state index contributed by atoms with van der Waals surface area (Å²) in [6.07, 6.45) is 3.01. The summed E-state index contributed by atoms with van der Waals surface area (Å²) in [4.78, 5) is 39.5. The number of rotatable bonds is 8. The molecule has 1 fully saturated rings. The Balaban J connectivity index is 1.53. The van der Waals surface area contributed by atoms with E-state index in [9.17, 15) is 14.4 Å². The number of likely N-dealkylation sites (tertiary alicyclic amines) is 1. The third-order valence-corrected chi connectivity index (χ3v) is 7.89. The lowest BCUT2D eigenvalue weighted by atomic mass is 10.0. The molecule has 0 aliphatic carbocycles. The number of fused-ring (bicyclic) bond motifs is 1. The molecule has 0 radical (unpaired) electrons. The molecule has 1 amide bonds. The summed E-state index contributed by atoms with van der Waals surface area (Å²) in [6.45, 7) is 4.39. The number of primary amides is 1. The number of carbonyl (C=O) groups is 3. The molecule has 0 bridgehead atoms. The largest absolute Gasteiger partial charge is 0.423 e. The van der Waals surface area contributed by atoms with Crippen molar-refractivity contribution in [3.05, 3.63) is 61.9 Å². The van der Waals surface area contributed by atoms with Crippen LogP contribution in [0, 0.1) is 0 Å². The van der Waals surface area contributed by atoms with E-state index in [0.717, 1.165) is 19.6 Å². The maximum atomic E-state index is 12.8. The van der Waals surface area contributed by atoms with Crippen molar-refractivity contribution < 1.29 is 19.1 Å². The van der Waals surface area contributed by atoms with E-state index < -0.39 is 11.9 Å². The Morgan fingerprint density at radius 1 is 1.12 bits per heavy atom. The summed E-state index contributed by atoms with van der Waals surface area (Å²) in [5.41, 5.74) is 7.76. The molecule has 0 atom stereocenters. The number of amides is 1. The van der Waals surface area contributed by atoms with Gasteiger partial charge in [0.15, 0.2) is 11.5 Å². The van der Waals surface area contributed by atoms with Crippen LogP contribution in [0.5, 0.6) is 5.75 Å². The molecule has 178 valence electrons. The topological polar surface area (TPSA) is 89.7 Å². The standard InChI is InChI=1S/C25H24Cl2N2O4S/c1-14(30)33-23-18(26)12-17-21(25(28)32)20(34-24(17)22(23)27)9-8-19(31)16-6-4-15(5-7-16)13-29-10-2-3-11-29/h4-7,12H,2-3,8-11,13H2,1H3,(H2,28,32). The van der Waals surface area contributed by atoms with Gasteiger partial charge in [-0.3, -0.25) is 19.3 Å². The number of nitrogens with two attached hydrogens (primary N) is 1. The van der Waals surface area contributed by atoms with E-state index in [-0.39, 0.29) is 33.6 Å². The molecule has 4 rings (SSSR count). The fourth-order valence-corrected chi connectivity index (χ4v) is 6.11. The van der Waals surface area contributed by atoms with Crippen molar-refractivity contribution in [2.24, 2.45) is 5.73 Å². The van der Waals surface area contributed by atoms with Crippen LogP contribution < -0.4 is 10.5 Å². The Bertz CT molecular complexity index is 1260. The number of ketones is 1. The quantitative estimate of drug-likeness (QED) is 0.236. The first-order chi connectivity index (χ1) is 16.2. The number of carbonyl (C=O) groups excluding carboxylic acids is 3. The van der Waals surface area contributed by atoms with E-state index in [0.29, 0.717) is 26.9 Å². The minimum atomic E-state index is -0.632. The fourth-order valence-electron chi connectivity index (χ4n) is 4.24. The summed E-state index contributed by atoms with van der Waals surface area (Å²) in [7, 11) is 0. The molecular weight excluding hydrogens is 495 g/mol. The second-order valence-electron chi connectivity index (χ2n) is 8.34. The smallest absolute Gasteiger partial charge is 0.308 e. The minimum Gasteiger partial charge on any atom is -0.423 e. The van der Waals surface area contributed by atoms with Gasteiger partial charge in [-0.1, -0.05) is 47.5 Å². The molecule has 2 aromatic carbocycles. The molecule has 34 heavy (non-hydrogen) atoms. The molecule has 3 aromatic rings. The number of thiophene rings is 1. The van der Waals surface area contributed by atoms with Crippen molar-refractivity contribution in [1.29, 1.82) is 0 Å². The zero-order chi connectivity index (χ0) is 24.4. The van der Waals surface area contributed by atoms with E-state index in [1.54, 1.807) is 0 Å². The molecule has 1 aliphatic rings. The van der Waals surface area contributed by atoms with Crippen LogP contribution in [-0.4, -0.2) is 35.6 Å². The van der Waals surface area contributed by atoms with Crippen LogP contribution in [0.15, 0.2) is 30.3 Å². The van der Waals surface area contributed by atoms with Crippen LogP contribution in [-0.2, 0) is 17.8 Å². The van der Waals surface area contributed by atoms with Gasteiger partial charge in [0, 0.05) is 35.7 Å². The molecule has 9 heteroatoms. The fraction of sp³-hybridized carbons (Fsp3) is 0.320. The van der Waals surface area contributed by atoms with Crippen molar-refractivity contribution in [3.63, 3.8) is 0 Å².